The average Bonchev–Trinajstić information content (AvgIpc) is 3.23. The molecule has 0 aliphatic carbocycles. The molecule has 0 spiro atoms. The van der Waals surface area contributed by atoms with E-state index in [1.54, 1.807) is 18.2 Å². The van der Waals surface area contributed by atoms with Gasteiger partial charge in [0, 0.05) is 19.5 Å². The van der Waals surface area contributed by atoms with Crippen LogP contribution in [0.5, 0.6) is 0 Å². The number of rotatable bonds is 5. The van der Waals surface area contributed by atoms with Crippen molar-refractivity contribution in [2.45, 2.75) is 25.7 Å². The molecule has 0 unspecified atom stereocenters. The van der Waals surface area contributed by atoms with Gasteiger partial charge in [0.15, 0.2) is 0 Å². The maximum Gasteiger partial charge on any atom is 0.284 e. The number of fused-ring (bicyclic) bond motifs is 1. The van der Waals surface area contributed by atoms with Gasteiger partial charge < -0.3 is 4.90 Å². The molecule has 1 N–H and O–H groups in total. The lowest BCUT2D eigenvalue weighted by Gasteiger charge is -2.22. The summed E-state index contributed by atoms with van der Waals surface area (Å²) in [7, 11) is 0. The van der Waals surface area contributed by atoms with E-state index in [-0.39, 0.29) is 23.1 Å². The Labute approximate surface area is 165 Å². The summed E-state index contributed by atoms with van der Waals surface area (Å²) in [6.07, 6.45) is 2.26. The third-order valence-corrected chi connectivity index (χ3v) is 4.98. The summed E-state index contributed by atoms with van der Waals surface area (Å²) in [6, 6.07) is 10.3. The van der Waals surface area contributed by atoms with Crippen molar-refractivity contribution in [2.75, 3.05) is 23.4 Å². The minimum Gasteiger partial charge on any atom is -0.341 e. The molecule has 3 aromatic rings. The normalized spacial score (nSPS) is 13.8. The first-order valence-corrected chi connectivity index (χ1v) is 9.53. The molecule has 1 fully saturated rings. The van der Waals surface area contributed by atoms with Gasteiger partial charge in [-0.15, -0.1) is 0 Å². The van der Waals surface area contributed by atoms with Crippen molar-refractivity contribution in [3.8, 4) is 0 Å². The fourth-order valence-electron chi connectivity index (χ4n) is 3.54. The topological polar surface area (TPSA) is 67.2 Å². The van der Waals surface area contributed by atoms with E-state index in [1.165, 1.54) is 24.3 Å². The van der Waals surface area contributed by atoms with Gasteiger partial charge in [0.25, 0.3) is 5.56 Å². The van der Waals surface area contributed by atoms with Crippen molar-refractivity contribution in [1.82, 2.24) is 9.66 Å². The number of nitrogens with zero attached hydrogens (tertiary/aromatic N) is 3. The van der Waals surface area contributed by atoms with E-state index >= 15 is 0 Å². The molecular formula is C21H20F2N4O2. The van der Waals surface area contributed by atoms with Crippen LogP contribution in [-0.4, -0.2) is 28.7 Å². The smallest absolute Gasteiger partial charge is 0.284 e. The van der Waals surface area contributed by atoms with Crippen LogP contribution in [0, 0.1) is 11.6 Å². The maximum absolute atomic E-state index is 14.3. The molecule has 1 aliphatic heterocycles. The van der Waals surface area contributed by atoms with E-state index in [0.717, 1.165) is 17.5 Å². The van der Waals surface area contributed by atoms with Crippen molar-refractivity contribution >= 4 is 22.8 Å². The van der Waals surface area contributed by atoms with Gasteiger partial charge in [-0.25, -0.2) is 13.8 Å². The Bertz CT molecular complexity index is 1120. The van der Waals surface area contributed by atoms with Gasteiger partial charge in [0.2, 0.25) is 11.9 Å². The summed E-state index contributed by atoms with van der Waals surface area (Å²) in [5.41, 5.74) is 2.83. The third kappa shape index (κ3) is 3.96. The Hall–Kier alpha value is -3.29. The molecule has 2 heterocycles. The second-order valence-corrected chi connectivity index (χ2v) is 7.05. The zero-order chi connectivity index (χ0) is 20.4. The van der Waals surface area contributed by atoms with Crippen molar-refractivity contribution in [1.29, 1.82) is 0 Å². The zero-order valence-electron chi connectivity index (χ0n) is 15.7. The minimum absolute atomic E-state index is 0.0463. The largest absolute Gasteiger partial charge is 0.341 e. The first-order valence-electron chi connectivity index (χ1n) is 9.53. The highest BCUT2D eigenvalue weighted by molar-refractivity contribution is 5.85. The number of hydrogen-bond donors (Lipinski definition) is 1. The van der Waals surface area contributed by atoms with Crippen molar-refractivity contribution in [3.63, 3.8) is 0 Å². The molecule has 4 rings (SSSR count). The molecule has 29 heavy (non-hydrogen) atoms. The maximum atomic E-state index is 14.3. The second-order valence-electron chi connectivity index (χ2n) is 7.05. The van der Waals surface area contributed by atoms with E-state index in [0.29, 0.717) is 31.0 Å². The van der Waals surface area contributed by atoms with E-state index in [2.05, 4.69) is 10.4 Å². The highest BCUT2D eigenvalue weighted by atomic mass is 19.1. The highest BCUT2D eigenvalue weighted by Crippen LogP contribution is 2.20. The number of anilines is 1. The van der Waals surface area contributed by atoms with E-state index in [4.69, 9.17) is 0 Å². The molecule has 0 radical (unpaired) electrons. The summed E-state index contributed by atoms with van der Waals surface area (Å²) in [4.78, 5) is 31.8. The van der Waals surface area contributed by atoms with Crippen LogP contribution >= 0.6 is 0 Å². The number of carbonyl (C=O) groups excluding carboxylic acids is 1. The predicted molar refractivity (Wildman–Crippen MR) is 106 cm³/mol. The summed E-state index contributed by atoms with van der Waals surface area (Å²) < 4.78 is 28.6. The lowest BCUT2D eigenvalue weighted by atomic mass is 10.1. The summed E-state index contributed by atoms with van der Waals surface area (Å²) >= 11 is 0. The lowest BCUT2D eigenvalue weighted by Crippen LogP contribution is -2.39. The Morgan fingerprint density at radius 3 is 2.62 bits per heavy atom. The summed E-state index contributed by atoms with van der Waals surface area (Å²) in [5.74, 6) is -1.20. The molecule has 0 atom stereocenters. The molecule has 150 valence electrons. The van der Waals surface area contributed by atoms with E-state index < -0.39 is 17.3 Å². The molecule has 1 amide bonds. The second kappa shape index (κ2) is 7.98. The standard InChI is InChI=1S/C21H20F2N4O2/c22-15-6-3-5-14(13-15)9-10-18(28)25-27-20(29)19-16(23)7-4-8-17(19)24-21(27)26-11-1-2-12-26/h3-8,13H,1-2,9-12H2,(H,25,28). The monoisotopic (exact) mass is 398 g/mol. The van der Waals surface area contributed by atoms with Crippen LogP contribution in [0.3, 0.4) is 0 Å². The lowest BCUT2D eigenvalue weighted by molar-refractivity contribution is -0.117. The first-order chi connectivity index (χ1) is 14.0. The summed E-state index contributed by atoms with van der Waals surface area (Å²) in [6.45, 7) is 1.40. The number of aromatic nitrogens is 2. The van der Waals surface area contributed by atoms with Gasteiger partial charge in [0.05, 0.1) is 5.52 Å². The fourth-order valence-corrected chi connectivity index (χ4v) is 3.54. The number of amides is 1. The molecule has 6 nitrogen and oxygen atoms in total. The fraction of sp³-hybridized carbons (Fsp3) is 0.286. The molecular weight excluding hydrogens is 378 g/mol. The number of carbonyl (C=O) groups is 1. The van der Waals surface area contributed by atoms with Crippen LogP contribution in [0.1, 0.15) is 24.8 Å². The number of halogens is 2. The quantitative estimate of drug-likeness (QED) is 0.718. The Kier molecular flexibility index (Phi) is 5.24. The van der Waals surface area contributed by atoms with Gasteiger partial charge >= 0.3 is 0 Å². The predicted octanol–water partition coefficient (Wildman–Crippen LogP) is 2.98. The average molecular weight is 398 g/mol. The molecule has 2 aromatic carbocycles. The van der Waals surface area contributed by atoms with Crippen LogP contribution in [0.4, 0.5) is 14.7 Å². The zero-order valence-corrected chi connectivity index (χ0v) is 15.7. The molecule has 1 saturated heterocycles. The molecule has 8 heteroatoms. The number of nitrogens with one attached hydrogen (secondary N) is 1. The SMILES string of the molecule is O=C(CCc1cccc(F)c1)Nn1c(N2CCCC2)nc2cccc(F)c2c1=O. The van der Waals surface area contributed by atoms with Crippen molar-refractivity contribution in [2.24, 2.45) is 0 Å². The first kappa shape index (κ1) is 19.0. The van der Waals surface area contributed by atoms with E-state index in [1.807, 2.05) is 4.90 Å². The minimum atomic E-state index is -0.685. The number of hydrogen-bond acceptors (Lipinski definition) is 4. The Balaban J connectivity index is 1.65. The van der Waals surface area contributed by atoms with Gasteiger partial charge in [-0.3, -0.25) is 15.0 Å². The number of aryl methyl sites for hydroxylation is 1. The molecule has 1 aromatic heterocycles. The van der Waals surface area contributed by atoms with Crippen molar-refractivity contribution < 1.29 is 13.6 Å². The van der Waals surface area contributed by atoms with Gasteiger partial charge in [-0.05, 0) is 49.1 Å². The van der Waals surface area contributed by atoms with Crippen LogP contribution in [-0.2, 0) is 11.2 Å². The van der Waals surface area contributed by atoms with Crippen LogP contribution in [0.25, 0.3) is 10.9 Å². The molecule has 1 aliphatic rings. The summed E-state index contributed by atoms with van der Waals surface area (Å²) in [5, 5.41) is -0.166. The van der Waals surface area contributed by atoms with Gasteiger partial charge in [-0.2, -0.15) is 4.68 Å². The van der Waals surface area contributed by atoms with Gasteiger partial charge in [0.1, 0.15) is 17.0 Å². The Morgan fingerprint density at radius 2 is 1.86 bits per heavy atom. The molecule has 0 saturated carbocycles. The Morgan fingerprint density at radius 1 is 1.10 bits per heavy atom. The third-order valence-electron chi connectivity index (χ3n) is 4.98. The number of benzene rings is 2. The van der Waals surface area contributed by atoms with Crippen LogP contribution < -0.4 is 15.9 Å². The highest BCUT2D eigenvalue weighted by Gasteiger charge is 2.22. The molecule has 0 bridgehead atoms. The van der Waals surface area contributed by atoms with Crippen LogP contribution in [0.15, 0.2) is 47.3 Å². The van der Waals surface area contributed by atoms with Crippen LogP contribution in [0.2, 0.25) is 0 Å². The van der Waals surface area contributed by atoms with Gasteiger partial charge in [-0.1, -0.05) is 18.2 Å². The van der Waals surface area contributed by atoms with E-state index in [9.17, 15) is 18.4 Å². The van der Waals surface area contributed by atoms with Crippen molar-refractivity contribution in [3.05, 3.63) is 70.0 Å².